The van der Waals surface area contributed by atoms with Crippen LogP contribution >= 0.6 is 11.3 Å². The van der Waals surface area contributed by atoms with E-state index in [2.05, 4.69) is 43.0 Å². The molecule has 4 rings (SSSR count). The van der Waals surface area contributed by atoms with Crippen molar-refractivity contribution in [1.82, 2.24) is 19.9 Å². The number of fused-ring (bicyclic) bond motifs is 3. The van der Waals surface area contributed by atoms with Gasteiger partial charge in [0.1, 0.15) is 0 Å². The molecular formula is C19H28N4OS. The van der Waals surface area contributed by atoms with Crippen molar-refractivity contribution in [2.45, 2.75) is 58.9 Å². The summed E-state index contributed by atoms with van der Waals surface area (Å²) in [5.41, 5.74) is 1.67. The second-order valence-corrected chi connectivity index (χ2v) is 9.95. The van der Waals surface area contributed by atoms with E-state index >= 15 is 0 Å². The third-order valence-electron chi connectivity index (χ3n) is 6.16. The van der Waals surface area contributed by atoms with Crippen LogP contribution in [0.2, 0.25) is 0 Å². The van der Waals surface area contributed by atoms with Gasteiger partial charge in [0, 0.05) is 4.88 Å². The second-order valence-electron chi connectivity index (χ2n) is 8.86. The number of thiophene rings is 1. The monoisotopic (exact) mass is 360 g/mol. The molecule has 5 nitrogen and oxygen atoms in total. The van der Waals surface area contributed by atoms with Gasteiger partial charge in [0.15, 0.2) is 4.83 Å². The first-order chi connectivity index (χ1) is 11.8. The van der Waals surface area contributed by atoms with Crippen LogP contribution in [-0.2, 0) is 12.8 Å². The van der Waals surface area contributed by atoms with Crippen LogP contribution in [-0.4, -0.2) is 40.0 Å². The number of hydrogen-bond acceptors (Lipinski definition) is 5. The molecule has 1 aliphatic heterocycles. The number of nitrogens with zero attached hydrogens (tertiary/aromatic N) is 4. The number of aromatic nitrogens is 3. The van der Waals surface area contributed by atoms with Crippen LogP contribution in [0.25, 0.3) is 10.2 Å². The highest BCUT2D eigenvalue weighted by molar-refractivity contribution is 7.18. The van der Waals surface area contributed by atoms with E-state index in [1.54, 1.807) is 16.0 Å². The minimum Gasteiger partial charge on any atom is -0.306 e. The molecule has 1 atom stereocenters. The third kappa shape index (κ3) is 3.04. The number of likely N-dealkylation sites (tertiary alicyclic amines) is 1. The molecule has 1 unspecified atom stereocenters. The van der Waals surface area contributed by atoms with E-state index in [-0.39, 0.29) is 11.6 Å². The Balaban J connectivity index is 1.72. The summed E-state index contributed by atoms with van der Waals surface area (Å²) in [4.78, 5) is 17.7. The minimum absolute atomic E-state index is 0.0891. The Morgan fingerprint density at radius 3 is 2.56 bits per heavy atom. The van der Waals surface area contributed by atoms with Gasteiger partial charge in [-0.15, -0.1) is 16.4 Å². The summed E-state index contributed by atoms with van der Waals surface area (Å²) < 4.78 is 1.68. The van der Waals surface area contributed by atoms with Crippen molar-refractivity contribution in [2.24, 2.45) is 11.3 Å². The molecule has 2 aromatic heterocycles. The van der Waals surface area contributed by atoms with Crippen LogP contribution in [0.15, 0.2) is 4.79 Å². The molecule has 1 fully saturated rings. The van der Waals surface area contributed by atoms with Gasteiger partial charge >= 0.3 is 0 Å². The standard InChI is InChI=1S/C19H28N4OS/c1-19(2,3)12-5-6-14-15(11-12)25-17-16(14)18(24)23(21-20-17)13-7-9-22(4)10-8-13/h12-13H,5-11H2,1-4H3. The highest BCUT2D eigenvalue weighted by Crippen LogP contribution is 2.41. The summed E-state index contributed by atoms with van der Waals surface area (Å²) in [6, 6.07) is 0.196. The summed E-state index contributed by atoms with van der Waals surface area (Å²) >= 11 is 1.69. The number of aryl methyl sites for hydroxylation is 1. The normalized spacial score (nSPS) is 23.1. The number of piperidine rings is 1. The summed E-state index contributed by atoms with van der Waals surface area (Å²) in [7, 11) is 2.13. The second kappa shape index (κ2) is 6.16. The largest absolute Gasteiger partial charge is 0.306 e. The first kappa shape index (κ1) is 17.2. The Hall–Kier alpha value is -1.27. The van der Waals surface area contributed by atoms with Gasteiger partial charge < -0.3 is 4.90 Å². The van der Waals surface area contributed by atoms with Crippen LogP contribution in [0.1, 0.15) is 56.5 Å². The Kier molecular flexibility index (Phi) is 4.23. The smallest absolute Gasteiger partial charge is 0.279 e. The number of rotatable bonds is 1. The molecule has 2 aliphatic rings. The molecule has 1 saturated heterocycles. The molecule has 3 heterocycles. The first-order valence-corrected chi connectivity index (χ1v) is 10.2. The van der Waals surface area contributed by atoms with Crippen LogP contribution in [0.3, 0.4) is 0 Å². The van der Waals surface area contributed by atoms with E-state index in [0.29, 0.717) is 11.3 Å². The molecule has 136 valence electrons. The van der Waals surface area contributed by atoms with Gasteiger partial charge in [-0.2, -0.15) is 0 Å². The van der Waals surface area contributed by atoms with E-state index in [1.165, 1.54) is 10.4 Å². The van der Waals surface area contributed by atoms with Crippen molar-refractivity contribution >= 4 is 21.6 Å². The van der Waals surface area contributed by atoms with Gasteiger partial charge in [-0.25, -0.2) is 4.68 Å². The molecule has 0 amide bonds. The van der Waals surface area contributed by atoms with Crippen LogP contribution < -0.4 is 5.56 Å². The molecule has 0 saturated carbocycles. The van der Waals surface area contributed by atoms with E-state index < -0.39 is 0 Å². The maximum atomic E-state index is 13.2. The van der Waals surface area contributed by atoms with E-state index in [0.717, 1.165) is 55.4 Å². The van der Waals surface area contributed by atoms with E-state index in [1.807, 2.05) is 0 Å². The Bertz CT molecular complexity index is 839. The molecule has 1 aliphatic carbocycles. The zero-order valence-electron chi connectivity index (χ0n) is 15.7. The Morgan fingerprint density at radius 2 is 1.88 bits per heavy atom. The topological polar surface area (TPSA) is 51.0 Å². The summed E-state index contributed by atoms with van der Waals surface area (Å²) in [5.74, 6) is 0.678. The Morgan fingerprint density at radius 1 is 1.16 bits per heavy atom. The fraction of sp³-hybridized carbons (Fsp3) is 0.737. The summed E-state index contributed by atoms with van der Waals surface area (Å²) in [5, 5.41) is 9.62. The average molecular weight is 361 g/mol. The van der Waals surface area contributed by atoms with E-state index in [9.17, 15) is 4.79 Å². The molecule has 0 radical (unpaired) electrons. The van der Waals surface area contributed by atoms with Crippen molar-refractivity contribution < 1.29 is 0 Å². The zero-order valence-corrected chi connectivity index (χ0v) is 16.5. The molecule has 0 N–H and O–H groups in total. The van der Waals surface area contributed by atoms with Gasteiger partial charge in [-0.1, -0.05) is 26.0 Å². The van der Waals surface area contributed by atoms with Gasteiger partial charge in [0.05, 0.1) is 11.4 Å². The van der Waals surface area contributed by atoms with Crippen LogP contribution in [0.4, 0.5) is 0 Å². The van der Waals surface area contributed by atoms with Gasteiger partial charge in [0.2, 0.25) is 0 Å². The molecule has 0 aromatic carbocycles. The lowest BCUT2D eigenvalue weighted by molar-refractivity contribution is 0.206. The fourth-order valence-corrected chi connectivity index (χ4v) is 5.56. The third-order valence-corrected chi connectivity index (χ3v) is 7.30. The first-order valence-electron chi connectivity index (χ1n) is 9.43. The SMILES string of the molecule is CN1CCC(n2nnc3sc4c(c3c2=O)CCC(C(C)(C)C)C4)CC1. The van der Waals surface area contributed by atoms with Crippen molar-refractivity contribution in [2.75, 3.05) is 20.1 Å². The molecule has 0 bridgehead atoms. The molecule has 6 heteroatoms. The average Bonchev–Trinajstić information content (AvgIpc) is 2.94. The lowest BCUT2D eigenvalue weighted by Gasteiger charge is -2.33. The van der Waals surface area contributed by atoms with Crippen molar-refractivity contribution in [3.63, 3.8) is 0 Å². The highest BCUT2D eigenvalue weighted by Gasteiger charge is 2.32. The quantitative estimate of drug-likeness (QED) is 0.783. The van der Waals surface area contributed by atoms with Gasteiger partial charge in [-0.3, -0.25) is 4.79 Å². The summed E-state index contributed by atoms with van der Waals surface area (Å²) in [6.45, 7) is 9.01. The van der Waals surface area contributed by atoms with Crippen molar-refractivity contribution in [3.8, 4) is 0 Å². The predicted molar refractivity (Wildman–Crippen MR) is 102 cm³/mol. The highest BCUT2D eigenvalue weighted by atomic mass is 32.1. The predicted octanol–water partition coefficient (Wildman–Crippen LogP) is 3.27. The van der Waals surface area contributed by atoms with Crippen molar-refractivity contribution in [1.29, 1.82) is 0 Å². The van der Waals surface area contributed by atoms with Crippen LogP contribution in [0, 0.1) is 11.3 Å². The molecule has 0 spiro atoms. The minimum atomic E-state index is 0.0891. The van der Waals surface area contributed by atoms with E-state index in [4.69, 9.17) is 0 Å². The Labute approximate surface area is 153 Å². The molecule has 25 heavy (non-hydrogen) atoms. The zero-order chi connectivity index (χ0) is 17.8. The van der Waals surface area contributed by atoms with Crippen LogP contribution in [0.5, 0.6) is 0 Å². The molecular weight excluding hydrogens is 332 g/mol. The maximum Gasteiger partial charge on any atom is 0.279 e. The molecule has 2 aromatic rings. The summed E-state index contributed by atoms with van der Waals surface area (Å²) in [6.07, 6.45) is 5.21. The van der Waals surface area contributed by atoms with Gasteiger partial charge in [0.25, 0.3) is 5.56 Å². The maximum absolute atomic E-state index is 13.2. The number of hydrogen-bond donors (Lipinski definition) is 0. The fourth-order valence-electron chi connectivity index (χ4n) is 4.32. The lowest BCUT2D eigenvalue weighted by atomic mass is 9.72. The van der Waals surface area contributed by atoms with Crippen molar-refractivity contribution in [3.05, 3.63) is 20.8 Å². The van der Waals surface area contributed by atoms with Gasteiger partial charge in [-0.05, 0) is 69.1 Å². The lowest BCUT2D eigenvalue weighted by Crippen LogP contribution is -2.37.